The second-order valence-corrected chi connectivity index (χ2v) is 15.3. The van der Waals surface area contributed by atoms with Crippen LogP contribution in [0.2, 0.25) is 0 Å². The van der Waals surface area contributed by atoms with Crippen LogP contribution in [-0.4, -0.2) is 11.2 Å². The normalized spacial score (nSPS) is 55.7. The molecule has 1 heterocycles. The van der Waals surface area contributed by atoms with Gasteiger partial charge in [0.2, 0.25) is 0 Å². The van der Waals surface area contributed by atoms with Gasteiger partial charge in [-0.3, -0.25) is 0 Å². The fourth-order valence-electron chi connectivity index (χ4n) is 11.6. The van der Waals surface area contributed by atoms with Crippen molar-refractivity contribution in [2.24, 2.45) is 45.3 Å². The minimum atomic E-state index is 0.0789. The van der Waals surface area contributed by atoms with Crippen LogP contribution in [0.15, 0.2) is 0 Å². The quantitative estimate of drug-likeness (QED) is 0.405. The van der Waals surface area contributed by atoms with Gasteiger partial charge in [0.15, 0.2) is 0 Å². The molecular formula is C30H52O. The first kappa shape index (κ1) is 22.7. The highest BCUT2D eigenvalue weighted by atomic mass is 16.5. The molecule has 0 amide bonds. The van der Waals surface area contributed by atoms with Gasteiger partial charge < -0.3 is 4.74 Å². The number of fused-ring (bicyclic) bond motifs is 4. The number of ether oxygens (including phenoxy) is 1. The van der Waals surface area contributed by atoms with Crippen molar-refractivity contribution in [3.8, 4) is 0 Å². The lowest BCUT2D eigenvalue weighted by molar-refractivity contribution is -0.269. The summed E-state index contributed by atoms with van der Waals surface area (Å²) in [5.74, 6) is 3.30. The summed E-state index contributed by atoms with van der Waals surface area (Å²) in [6, 6.07) is 0. The molecule has 4 aliphatic carbocycles. The van der Waals surface area contributed by atoms with Gasteiger partial charge in [-0.2, -0.15) is 0 Å². The van der Waals surface area contributed by atoms with E-state index in [-0.39, 0.29) is 11.2 Å². The topological polar surface area (TPSA) is 9.23 Å². The third-order valence-corrected chi connectivity index (χ3v) is 12.7. The second-order valence-electron chi connectivity index (χ2n) is 15.3. The molecule has 0 N–H and O–H groups in total. The smallest absolute Gasteiger partial charge is 0.0695 e. The van der Waals surface area contributed by atoms with Crippen LogP contribution in [0, 0.1) is 45.3 Å². The molecule has 1 nitrogen and oxygen atoms in total. The molecule has 1 saturated heterocycles. The van der Waals surface area contributed by atoms with E-state index in [1.54, 1.807) is 0 Å². The molecule has 5 aliphatic rings. The van der Waals surface area contributed by atoms with E-state index in [0.717, 1.165) is 23.7 Å². The van der Waals surface area contributed by atoms with E-state index in [9.17, 15) is 0 Å². The van der Waals surface area contributed by atoms with Gasteiger partial charge in [0.05, 0.1) is 11.2 Å². The molecule has 0 aromatic rings. The first-order valence-corrected chi connectivity index (χ1v) is 14.0. The molecule has 5 fully saturated rings. The Bertz CT molecular complexity index is 722. The van der Waals surface area contributed by atoms with Crippen molar-refractivity contribution in [2.45, 2.75) is 144 Å². The van der Waals surface area contributed by atoms with E-state index < -0.39 is 0 Å². The molecule has 1 aliphatic heterocycles. The lowest BCUT2D eigenvalue weighted by Crippen LogP contribution is -2.62. The van der Waals surface area contributed by atoms with Crippen molar-refractivity contribution in [2.75, 3.05) is 0 Å². The Kier molecular flexibility index (Phi) is 4.96. The maximum Gasteiger partial charge on any atom is 0.0695 e. The highest BCUT2D eigenvalue weighted by molar-refractivity contribution is 5.15. The zero-order valence-corrected chi connectivity index (χ0v) is 22.2. The SMILES string of the molecule is CC1(C)CCC[C@]2(C)O[C@@](C)([C@@H]3CC[C@H]4[C@@]3(C)CC[C@H]3C(C)(C)CCC[C@]43C)CCC12. The van der Waals surface area contributed by atoms with Crippen LogP contribution in [0.25, 0.3) is 0 Å². The fraction of sp³-hybridized carbons (Fsp3) is 1.00. The maximum atomic E-state index is 7.41. The van der Waals surface area contributed by atoms with Crippen molar-refractivity contribution in [1.82, 2.24) is 0 Å². The average Bonchev–Trinajstić information content (AvgIpc) is 2.99. The van der Waals surface area contributed by atoms with Gasteiger partial charge in [-0.05, 0) is 123 Å². The summed E-state index contributed by atoms with van der Waals surface area (Å²) in [7, 11) is 0. The number of hydrogen-bond acceptors (Lipinski definition) is 1. The first-order chi connectivity index (χ1) is 14.3. The summed E-state index contributed by atoms with van der Waals surface area (Å²) in [4.78, 5) is 0. The van der Waals surface area contributed by atoms with Crippen molar-refractivity contribution >= 4 is 0 Å². The molecule has 0 radical (unpaired) electrons. The van der Waals surface area contributed by atoms with Gasteiger partial charge >= 0.3 is 0 Å². The Morgan fingerprint density at radius 2 is 0.968 bits per heavy atom. The summed E-state index contributed by atoms with van der Waals surface area (Å²) >= 11 is 0. The Morgan fingerprint density at radius 3 is 1.68 bits per heavy atom. The molecule has 0 aromatic heterocycles. The van der Waals surface area contributed by atoms with E-state index >= 15 is 0 Å². The van der Waals surface area contributed by atoms with E-state index in [2.05, 4.69) is 55.4 Å². The van der Waals surface area contributed by atoms with Gasteiger partial charge in [0, 0.05) is 0 Å². The minimum absolute atomic E-state index is 0.0789. The van der Waals surface area contributed by atoms with Crippen molar-refractivity contribution in [1.29, 1.82) is 0 Å². The highest BCUT2D eigenvalue weighted by Gasteiger charge is 2.66. The van der Waals surface area contributed by atoms with E-state index in [1.165, 1.54) is 77.0 Å². The van der Waals surface area contributed by atoms with Crippen LogP contribution < -0.4 is 0 Å². The van der Waals surface area contributed by atoms with Gasteiger partial charge in [0.25, 0.3) is 0 Å². The van der Waals surface area contributed by atoms with Crippen LogP contribution >= 0.6 is 0 Å². The van der Waals surface area contributed by atoms with Crippen LogP contribution in [0.5, 0.6) is 0 Å². The standard InChI is InChI=1S/C30H52O/c1-25(2)15-9-17-27(5)21(25)13-19-28(6)23(27)11-12-24(28)30(8)20-14-22-26(3,4)16-10-18-29(22,7)31-30/h21-24H,9-20H2,1-8H3/t21-,22?,23+,24+,27-,28+,29-,30+/m0/s1. The predicted molar refractivity (Wildman–Crippen MR) is 131 cm³/mol. The molecule has 178 valence electrons. The summed E-state index contributed by atoms with van der Waals surface area (Å²) in [5, 5.41) is 0. The largest absolute Gasteiger partial charge is 0.369 e. The fourth-order valence-corrected chi connectivity index (χ4v) is 11.6. The highest BCUT2D eigenvalue weighted by Crippen LogP contribution is 2.72. The van der Waals surface area contributed by atoms with Crippen LogP contribution in [0.1, 0.15) is 132 Å². The van der Waals surface area contributed by atoms with E-state index in [0.29, 0.717) is 21.7 Å². The molecule has 4 saturated carbocycles. The minimum Gasteiger partial charge on any atom is -0.369 e. The Balaban J connectivity index is 1.44. The first-order valence-electron chi connectivity index (χ1n) is 14.0. The molecule has 0 aromatic carbocycles. The molecule has 1 heteroatoms. The molecule has 5 rings (SSSR count). The molecule has 8 atom stereocenters. The van der Waals surface area contributed by atoms with Crippen LogP contribution in [0.3, 0.4) is 0 Å². The lowest BCUT2D eigenvalue weighted by Gasteiger charge is -2.64. The van der Waals surface area contributed by atoms with Crippen molar-refractivity contribution in [3.63, 3.8) is 0 Å². The van der Waals surface area contributed by atoms with Gasteiger partial charge in [-0.25, -0.2) is 0 Å². The van der Waals surface area contributed by atoms with Crippen molar-refractivity contribution < 1.29 is 4.74 Å². The van der Waals surface area contributed by atoms with E-state index in [1.807, 2.05) is 0 Å². The van der Waals surface area contributed by atoms with Crippen LogP contribution in [-0.2, 0) is 4.74 Å². The molecule has 0 bridgehead atoms. The molecule has 1 unspecified atom stereocenters. The lowest BCUT2D eigenvalue weighted by atomic mass is 9.42. The van der Waals surface area contributed by atoms with Crippen molar-refractivity contribution in [3.05, 3.63) is 0 Å². The average molecular weight is 429 g/mol. The third-order valence-electron chi connectivity index (χ3n) is 12.7. The molecule has 31 heavy (non-hydrogen) atoms. The van der Waals surface area contributed by atoms with Gasteiger partial charge in [-0.15, -0.1) is 0 Å². The zero-order valence-electron chi connectivity index (χ0n) is 22.2. The van der Waals surface area contributed by atoms with Gasteiger partial charge in [0.1, 0.15) is 0 Å². The summed E-state index contributed by atoms with van der Waals surface area (Å²) in [6.45, 7) is 20.7. The summed E-state index contributed by atoms with van der Waals surface area (Å²) < 4.78 is 7.41. The number of hydrogen-bond donors (Lipinski definition) is 0. The Labute approximate surface area is 193 Å². The summed E-state index contributed by atoms with van der Waals surface area (Å²) in [5.41, 5.74) is 2.17. The predicted octanol–water partition coefficient (Wildman–Crippen LogP) is 8.80. The van der Waals surface area contributed by atoms with E-state index in [4.69, 9.17) is 4.74 Å². The van der Waals surface area contributed by atoms with Crippen LogP contribution in [0.4, 0.5) is 0 Å². The zero-order chi connectivity index (χ0) is 22.5. The number of rotatable bonds is 1. The Hall–Kier alpha value is -0.0400. The molecule has 0 spiro atoms. The summed E-state index contributed by atoms with van der Waals surface area (Å²) in [6.07, 6.45) is 16.8. The third kappa shape index (κ3) is 3.10. The molecular weight excluding hydrogens is 376 g/mol. The Morgan fingerprint density at radius 1 is 0.452 bits per heavy atom. The maximum absolute atomic E-state index is 7.41. The second kappa shape index (κ2) is 6.76. The monoisotopic (exact) mass is 428 g/mol. The van der Waals surface area contributed by atoms with Gasteiger partial charge in [-0.1, -0.05) is 54.4 Å².